The van der Waals surface area contributed by atoms with Gasteiger partial charge in [0.25, 0.3) is 0 Å². The van der Waals surface area contributed by atoms with E-state index in [-0.39, 0.29) is 12.6 Å². The van der Waals surface area contributed by atoms with E-state index in [9.17, 15) is 13.2 Å². The van der Waals surface area contributed by atoms with E-state index in [0.717, 1.165) is 5.56 Å². The van der Waals surface area contributed by atoms with Crippen molar-refractivity contribution in [2.75, 3.05) is 6.61 Å². The zero-order valence-electron chi connectivity index (χ0n) is 8.87. The van der Waals surface area contributed by atoms with Crippen LogP contribution in [0.5, 0.6) is 0 Å². The number of halogens is 3. The quantitative estimate of drug-likeness (QED) is 0.840. The van der Waals surface area contributed by atoms with Gasteiger partial charge in [0, 0.05) is 12.2 Å². The molecule has 4 nitrogen and oxygen atoms in total. The molecule has 0 fully saturated rings. The van der Waals surface area contributed by atoms with Crippen LogP contribution in [0.3, 0.4) is 0 Å². The van der Waals surface area contributed by atoms with Crippen molar-refractivity contribution in [3.63, 3.8) is 0 Å². The number of alkyl halides is 3. The zero-order valence-corrected chi connectivity index (χ0v) is 8.87. The molecule has 1 unspecified atom stereocenters. The van der Waals surface area contributed by atoms with Crippen molar-refractivity contribution >= 4 is 0 Å². The summed E-state index contributed by atoms with van der Waals surface area (Å²) in [4.78, 5) is 0. The molecule has 0 amide bonds. The zero-order chi connectivity index (χ0) is 12.2. The molecule has 1 atom stereocenters. The highest BCUT2D eigenvalue weighted by Gasteiger charge is 2.28. The minimum absolute atomic E-state index is 0.00377. The van der Waals surface area contributed by atoms with Gasteiger partial charge in [0.05, 0.1) is 19.3 Å². The third-order valence-corrected chi connectivity index (χ3v) is 1.83. The van der Waals surface area contributed by atoms with Gasteiger partial charge < -0.3 is 5.73 Å². The van der Waals surface area contributed by atoms with Crippen LogP contribution >= 0.6 is 0 Å². The number of nitrogens with zero attached hydrogens (tertiary/aromatic N) is 2. The van der Waals surface area contributed by atoms with Gasteiger partial charge in [-0.3, -0.25) is 9.42 Å². The van der Waals surface area contributed by atoms with Crippen molar-refractivity contribution in [3.05, 3.63) is 18.0 Å². The van der Waals surface area contributed by atoms with E-state index < -0.39 is 13.0 Å². The van der Waals surface area contributed by atoms with E-state index in [2.05, 4.69) is 9.84 Å². The van der Waals surface area contributed by atoms with Gasteiger partial charge in [0.15, 0.2) is 0 Å². The predicted molar refractivity (Wildman–Crippen MR) is 51.6 cm³/mol. The summed E-state index contributed by atoms with van der Waals surface area (Å²) in [5.74, 6) is 0. The monoisotopic (exact) mass is 237 g/mol. The Bertz CT molecular complexity index is 322. The average Bonchev–Trinajstić information content (AvgIpc) is 2.49. The number of aromatic nitrogens is 2. The molecule has 1 aromatic heterocycles. The molecule has 92 valence electrons. The highest BCUT2D eigenvalue weighted by molar-refractivity contribution is 5.05. The molecule has 2 N–H and O–H groups in total. The molecule has 0 radical (unpaired) electrons. The van der Waals surface area contributed by atoms with Gasteiger partial charge in [0.1, 0.15) is 0 Å². The first-order chi connectivity index (χ1) is 7.37. The molecule has 0 bridgehead atoms. The van der Waals surface area contributed by atoms with Crippen molar-refractivity contribution in [2.24, 2.45) is 5.73 Å². The molecule has 0 saturated heterocycles. The minimum Gasteiger partial charge on any atom is -0.328 e. The highest BCUT2D eigenvalue weighted by atomic mass is 19.4. The van der Waals surface area contributed by atoms with E-state index in [1.807, 2.05) is 6.92 Å². The number of ether oxygens (including phenoxy) is 1. The summed E-state index contributed by atoms with van der Waals surface area (Å²) in [5.41, 5.74) is 6.49. The highest BCUT2D eigenvalue weighted by Crippen LogP contribution is 2.15. The van der Waals surface area contributed by atoms with Crippen LogP contribution in [-0.2, 0) is 17.7 Å². The standard InChI is InChI=1S/C9H14F3N3O/c1-7(13)4-8-5-14-15(6-8)2-3-16-9(10,11)12/h5-7H,2-4,13H2,1H3. The van der Waals surface area contributed by atoms with Gasteiger partial charge in [-0.25, -0.2) is 0 Å². The maximum atomic E-state index is 11.7. The molecule has 1 aromatic rings. The van der Waals surface area contributed by atoms with E-state index >= 15 is 0 Å². The lowest BCUT2D eigenvalue weighted by molar-refractivity contribution is -0.325. The Morgan fingerprint density at radius 3 is 2.81 bits per heavy atom. The van der Waals surface area contributed by atoms with Gasteiger partial charge in [0.2, 0.25) is 0 Å². The van der Waals surface area contributed by atoms with E-state index in [4.69, 9.17) is 5.73 Å². The molecular formula is C9H14F3N3O. The van der Waals surface area contributed by atoms with Gasteiger partial charge in [-0.05, 0) is 18.9 Å². The topological polar surface area (TPSA) is 53.1 Å². The van der Waals surface area contributed by atoms with Crippen molar-refractivity contribution in [3.8, 4) is 0 Å². The Hall–Kier alpha value is -1.08. The molecule has 0 aliphatic rings. The van der Waals surface area contributed by atoms with Crippen LogP contribution in [0.25, 0.3) is 0 Å². The molecule has 16 heavy (non-hydrogen) atoms. The van der Waals surface area contributed by atoms with Crippen LogP contribution in [0.2, 0.25) is 0 Å². The van der Waals surface area contributed by atoms with Crippen LogP contribution in [0.1, 0.15) is 12.5 Å². The summed E-state index contributed by atoms with van der Waals surface area (Å²) in [7, 11) is 0. The van der Waals surface area contributed by atoms with Crippen molar-refractivity contribution < 1.29 is 17.9 Å². The van der Waals surface area contributed by atoms with Crippen LogP contribution in [-0.4, -0.2) is 28.8 Å². The number of rotatable bonds is 5. The van der Waals surface area contributed by atoms with Gasteiger partial charge >= 0.3 is 6.36 Å². The van der Waals surface area contributed by atoms with Crippen LogP contribution in [0.15, 0.2) is 12.4 Å². The minimum atomic E-state index is -4.58. The molecule has 1 rings (SSSR count). The fraction of sp³-hybridized carbons (Fsp3) is 0.667. The first-order valence-corrected chi connectivity index (χ1v) is 4.84. The summed E-state index contributed by atoms with van der Waals surface area (Å²) in [6, 6.07) is 0.00377. The summed E-state index contributed by atoms with van der Waals surface area (Å²) >= 11 is 0. The van der Waals surface area contributed by atoms with Gasteiger partial charge in [-0.15, -0.1) is 13.2 Å². The molecule has 0 aliphatic carbocycles. The SMILES string of the molecule is CC(N)Cc1cnn(CCOC(F)(F)F)c1. The van der Waals surface area contributed by atoms with E-state index in [1.165, 1.54) is 4.68 Å². The third-order valence-electron chi connectivity index (χ3n) is 1.83. The average molecular weight is 237 g/mol. The van der Waals surface area contributed by atoms with Crippen molar-refractivity contribution in [1.29, 1.82) is 0 Å². The molecule has 0 spiro atoms. The fourth-order valence-corrected chi connectivity index (χ4v) is 1.26. The maximum absolute atomic E-state index is 11.7. The third kappa shape index (κ3) is 5.13. The second-order valence-electron chi connectivity index (χ2n) is 3.59. The van der Waals surface area contributed by atoms with Crippen LogP contribution in [0.4, 0.5) is 13.2 Å². The molecule has 7 heteroatoms. The summed E-state index contributed by atoms with van der Waals surface area (Å²) in [6.07, 6.45) is -0.665. The molecule has 0 saturated carbocycles. The maximum Gasteiger partial charge on any atom is 0.522 e. The lowest BCUT2D eigenvalue weighted by Crippen LogP contribution is -2.18. The van der Waals surface area contributed by atoms with Crippen molar-refractivity contribution in [2.45, 2.75) is 32.3 Å². The molecular weight excluding hydrogens is 223 g/mol. The summed E-state index contributed by atoms with van der Waals surface area (Å²) in [6.45, 7) is 1.48. The second kappa shape index (κ2) is 5.31. The molecule has 0 aliphatic heterocycles. The summed E-state index contributed by atoms with van der Waals surface area (Å²) in [5, 5.41) is 3.90. The van der Waals surface area contributed by atoms with Gasteiger partial charge in [-0.2, -0.15) is 5.10 Å². The lowest BCUT2D eigenvalue weighted by Gasteiger charge is -2.06. The normalized spacial score (nSPS) is 14.1. The number of hydrogen-bond acceptors (Lipinski definition) is 3. The van der Waals surface area contributed by atoms with Crippen LogP contribution in [0, 0.1) is 0 Å². The fourth-order valence-electron chi connectivity index (χ4n) is 1.26. The van der Waals surface area contributed by atoms with E-state index in [1.54, 1.807) is 12.4 Å². The Kier molecular flexibility index (Phi) is 4.31. The Labute approximate surface area is 91.2 Å². The smallest absolute Gasteiger partial charge is 0.328 e. The van der Waals surface area contributed by atoms with Gasteiger partial charge in [-0.1, -0.05) is 0 Å². The number of nitrogens with two attached hydrogens (primary N) is 1. The Morgan fingerprint density at radius 1 is 1.56 bits per heavy atom. The van der Waals surface area contributed by atoms with Crippen LogP contribution < -0.4 is 5.73 Å². The van der Waals surface area contributed by atoms with E-state index in [0.29, 0.717) is 6.42 Å². The Balaban J connectivity index is 2.35. The first-order valence-electron chi connectivity index (χ1n) is 4.84. The Morgan fingerprint density at radius 2 is 2.25 bits per heavy atom. The van der Waals surface area contributed by atoms with Crippen molar-refractivity contribution in [1.82, 2.24) is 9.78 Å². The second-order valence-corrected chi connectivity index (χ2v) is 3.59. The molecule has 0 aromatic carbocycles. The molecule has 1 heterocycles. The lowest BCUT2D eigenvalue weighted by atomic mass is 10.1. The largest absolute Gasteiger partial charge is 0.522 e. The predicted octanol–water partition coefficient (Wildman–Crippen LogP) is 1.31. The first kappa shape index (κ1) is 13.0. The number of hydrogen-bond donors (Lipinski definition) is 1. The summed E-state index contributed by atoms with van der Waals surface area (Å²) < 4.78 is 40.0.